The van der Waals surface area contributed by atoms with Gasteiger partial charge >= 0.3 is 0 Å². The third kappa shape index (κ3) is 3.86. The molecule has 0 aliphatic rings. The van der Waals surface area contributed by atoms with E-state index in [1.54, 1.807) is 7.11 Å². The van der Waals surface area contributed by atoms with Crippen molar-refractivity contribution in [2.45, 2.75) is 26.3 Å². The molecule has 0 saturated heterocycles. The van der Waals surface area contributed by atoms with E-state index in [1.165, 1.54) is 16.7 Å². The van der Waals surface area contributed by atoms with Crippen LogP contribution in [0.25, 0.3) is 0 Å². The molecule has 0 aliphatic heterocycles. The molecule has 1 N–H and O–H groups in total. The van der Waals surface area contributed by atoms with Gasteiger partial charge in [0.1, 0.15) is 5.75 Å². The lowest BCUT2D eigenvalue weighted by Crippen LogP contribution is -2.24. The number of methoxy groups -OCH3 is 1. The minimum Gasteiger partial charge on any atom is -0.496 e. The molecule has 0 fully saturated rings. The highest BCUT2D eigenvalue weighted by Crippen LogP contribution is 2.32. The molecule has 0 amide bonds. The highest BCUT2D eigenvalue weighted by Gasteiger charge is 2.19. The van der Waals surface area contributed by atoms with E-state index < -0.39 is 0 Å². The molecule has 0 saturated carbocycles. The van der Waals surface area contributed by atoms with Crippen molar-refractivity contribution < 1.29 is 4.74 Å². The van der Waals surface area contributed by atoms with Crippen LogP contribution in [0, 0.1) is 6.92 Å². The van der Waals surface area contributed by atoms with Crippen molar-refractivity contribution >= 4 is 15.9 Å². The maximum Gasteiger partial charge on any atom is 0.123 e. The van der Waals surface area contributed by atoms with Crippen LogP contribution in [0.1, 0.15) is 36.1 Å². The molecule has 112 valence electrons. The third-order valence-electron chi connectivity index (χ3n) is 3.59. The summed E-state index contributed by atoms with van der Waals surface area (Å²) in [5, 5.41) is 3.64. The molecule has 3 heteroatoms. The lowest BCUT2D eigenvalue weighted by Gasteiger charge is -2.23. The minimum atomic E-state index is 0.147. The second-order valence-corrected chi connectivity index (χ2v) is 6.05. The molecule has 0 bridgehead atoms. The highest BCUT2D eigenvalue weighted by molar-refractivity contribution is 9.10. The monoisotopic (exact) mass is 347 g/mol. The molecular weight excluding hydrogens is 326 g/mol. The maximum atomic E-state index is 5.54. The second-order valence-electron chi connectivity index (χ2n) is 5.13. The topological polar surface area (TPSA) is 21.3 Å². The van der Waals surface area contributed by atoms with E-state index in [4.69, 9.17) is 4.74 Å². The number of rotatable bonds is 6. The molecule has 1 atom stereocenters. The first-order valence-corrected chi connectivity index (χ1v) is 8.09. The summed E-state index contributed by atoms with van der Waals surface area (Å²) in [5.74, 6) is 0.924. The number of para-hydroxylation sites is 1. The van der Waals surface area contributed by atoms with Gasteiger partial charge in [0.2, 0.25) is 0 Å². The summed E-state index contributed by atoms with van der Waals surface area (Å²) in [7, 11) is 1.73. The first kappa shape index (κ1) is 16.1. The molecule has 0 aliphatic carbocycles. The molecule has 0 spiro atoms. The van der Waals surface area contributed by atoms with Gasteiger partial charge in [0.15, 0.2) is 0 Å². The van der Waals surface area contributed by atoms with Gasteiger partial charge < -0.3 is 10.1 Å². The van der Waals surface area contributed by atoms with Crippen molar-refractivity contribution in [3.63, 3.8) is 0 Å². The van der Waals surface area contributed by atoms with Crippen LogP contribution >= 0.6 is 15.9 Å². The average Bonchev–Trinajstić information content (AvgIpc) is 2.49. The molecular formula is C18H22BrNO. The molecule has 1 unspecified atom stereocenters. The molecule has 0 radical (unpaired) electrons. The van der Waals surface area contributed by atoms with Crippen molar-refractivity contribution in [2.24, 2.45) is 0 Å². The normalized spacial score (nSPS) is 12.2. The van der Waals surface area contributed by atoms with E-state index in [9.17, 15) is 0 Å². The number of hydrogen-bond donors (Lipinski definition) is 1. The van der Waals surface area contributed by atoms with E-state index in [1.807, 2.05) is 12.1 Å². The Morgan fingerprint density at radius 1 is 1.14 bits per heavy atom. The van der Waals surface area contributed by atoms with Crippen molar-refractivity contribution in [2.75, 3.05) is 13.7 Å². The Bertz CT molecular complexity index is 598. The van der Waals surface area contributed by atoms with Crippen LogP contribution in [0.2, 0.25) is 0 Å². The zero-order chi connectivity index (χ0) is 15.2. The average molecular weight is 348 g/mol. The number of ether oxygens (including phenoxy) is 1. The first-order valence-electron chi connectivity index (χ1n) is 7.29. The summed E-state index contributed by atoms with van der Waals surface area (Å²) in [6.45, 7) is 5.30. The van der Waals surface area contributed by atoms with Crippen LogP contribution in [-0.4, -0.2) is 13.7 Å². The summed E-state index contributed by atoms with van der Waals surface area (Å²) in [5.41, 5.74) is 3.74. The van der Waals surface area contributed by atoms with Crippen LogP contribution in [0.5, 0.6) is 5.75 Å². The van der Waals surface area contributed by atoms with E-state index in [0.29, 0.717) is 0 Å². The largest absolute Gasteiger partial charge is 0.496 e. The molecule has 2 nitrogen and oxygen atoms in total. The summed E-state index contributed by atoms with van der Waals surface area (Å²) < 4.78 is 6.65. The number of benzene rings is 2. The number of hydrogen-bond acceptors (Lipinski definition) is 2. The Labute approximate surface area is 135 Å². The van der Waals surface area contributed by atoms with Gasteiger partial charge in [0.25, 0.3) is 0 Å². The fourth-order valence-electron chi connectivity index (χ4n) is 2.54. The van der Waals surface area contributed by atoms with Crippen LogP contribution in [0.3, 0.4) is 0 Å². The van der Waals surface area contributed by atoms with Crippen LogP contribution in [0.15, 0.2) is 46.9 Å². The smallest absolute Gasteiger partial charge is 0.123 e. The molecule has 0 aromatic heterocycles. The fraction of sp³-hybridized carbons (Fsp3) is 0.333. The predicted molar refractivity (Wildman–Crippen MR) is 92.0 cm³/mol. The first-order chi connectivity index (χ1) is 10.2. The zero-order valence-corrected chi connectivity index (χ0v) is 14.4. The quantitative estimate of drug-likeness (QED) is 0.805. The lowest BCUT2D eigenvalue weighted by molar-refractivity contribution is 0.403. The van der Waals surface area contributed by atoms with Gasteiger partial charge in [-0.05, 0) is 49.2 Å². The van der Waals surface area contributed by atoms with Gasteiger partial charge in [-0.1, -0.05) is 47.1 Å². The van der Waals surface area contributed by atoms with Crippen molar-refractivity contribution in [3.8, 4) is 5.75 Å². The number of halogens is 1. The van der Waals surface area contributed by atoms with Gasteiger partial charge in [0.05, 0.1) is 13.2 Å². The molecule has 0 heterocycles. The Morgan fingerprint density at radius 3 is 2.57 bits per heavy atom. The van der Waals surface area contributed by atoms with Gasteiger partial charge in [-0.3, -0.25) is 0 Å². The van der Waals surface area contributed by atoms with Gasteiger partial charge in [-0.2, -0.15) is 0 Å². The maximum absolute atomic E-state index is 5.54. The third-order valence-corrected chi connectivity index (χ3v) is 4.08. The number of aryl methyl sites for hydroxylation is 1. The van der Waals surface area contributed by atoms with E-state index in [-0.39, 0.29) is 6.04 Å². The van der Waals surface area contributed by atoms with E-state index >= 15 is 0 Å². The highest BCUT2D eigenvalue weighted by atomic mass is 79.9. The summed E-state index contributed by atoms with van der Waals surface area (Å²) in [6, 6.07) is 14.8. The van der Waals surface area contributed by atoms with Crippen LogP contribution in [-0.2, 0) is 0 Å². The molecule has 2 rings (SSSR count). The molecule has 21 heavy (non-hydrogen) atoms. The summed E-state index contributed by atoms with van der Waals surface area (Å²) in [6.07, 6.45) is 1.10. The zero-order valence-electron chi connectivity index (χ0n) is 12.8. The minimum absolute atomic E-state index is 0.147. The van der Waals surface area contributed by atoms with E-state index in [2.05, 4.69) is 65.4 Å². The fourth-order valence-corrected chi connectivity index (χ4v) is 3.02. The molecule has 2 aromatic carbocycles. The number of nitrogens with one attached hydrogen (secondary N) is 1. The van der Waals surface area contributed by atoms with Gasteiger partial charge in [-0.25, -0.2) is 0 Å². The van der Waals surface area contributed by atoms with Crippen molar-refractivity contribution in [1.82, 2.24) is 5.32 Å². The van der Waals surface area contributed by atoms with Crippen LogP contribution in [0.4, 0.5) is 0 Å². The predicted octanol–water partition coefficient (Wildman–Crippen LogP) is 4.86. The lowest BCUT2D eigenvalue weighted by atomic mass is 9.94. The summed E-state index contributed by atoms with van der Waals surface area (Å²) in [4.78, 5) is 0. The van der Waals surface area contributed by atoms with E-state index in [0.717, 1.165) is 23.2 Å². The summed E-state index contributed by atoms with van der Waals surface area (Å²) >= 11 is 3.54. The van der Waals surface area contributed by atoms with Crippen molar-refractivity contribution in [3.05, 3.63) is 63.6 Å². The SMILES string of the molecule is CCCNC(c1ccc(Br)cc1C)c1ccccc1OC. The van der Waals surface area contributed by atoms with Crippen molar-refractivity contribution in [1.29, 1.82) is 0 Å². The Balaban J connectivity index is 2.47. The van der Waals surface area contributed by atoms with Crippen LogP contribution < -0.4 is 10.1 Å². The molecule has 2 aromatic rings. The van der Waals surface area contributed by atoms with Gasteiger partial charge in [-0.15, -0.1) is 0 Å². The second kappa shape index (κ2) is 7.62. The standard InChI is InChI=1S/C18H22BrNO/c1-4-11-20-18(15-10-9-14(19)12-13(15)2)16-7-5-6-8-17(16)21-3/h5-10,12,18,20H,4,11H2,1-3H3. The Morgan fingerprint density at radius 2 is 1.90 bits per heavy atom. The van der Waals surface area contributed by atoms with Gasteiger partial charge in [0, 0.05) is 10.0 Å². The Kier molecular flexibility index (Phi) is 5.83. The Hall–Kier alpha value is -1.32.